The van der Waals surface area contributed by atoms with Gasteiger partial charge >= 0.3 is 0 Å². The van der Waals surface area contributed by atoms with E-state index in [0.717, 1.165) is 25.8 Å². The van der Waals surface area contributed by atoms with Crippen LogP contribution in [0.5, 0.6) is 0 Å². The number of hydrogen-bond acceptors (Lipinski definition) is 2. The Labute approximate surface area is 55.6 Å². The average Bonchev–Trinajstić information content (AvgIpc) is 1.60. The number of carbonyl (C=O) groups is 1. The maximum Gasteiger partial charge on any atom is 0.149 e. The highest BCUT2D eigenvalue weighted by Gasteiger charge is 2.22. The number of hydrogen-bond donors (Lipinski definition) is 1. The number of rotatable bonds is 3. The molecule has 9 heavy (non-hydrogen) atoms. The summed E-state index contributed by atoms with van der Waals surface area (Å²) in [5.74, 6) is 0.392. The van der Waals surface area contributed by atoms with E-state index < -0.39 is 0 Å². The monoisotopic (exact) mass is 127 g/mol. The Hall–Kier alpha value is -0.370. The normalized spacial score (nSPS) is 25.2. The second-order valence-corrected chi connectivity index (χ2v) is 2.51. The van der Waals surface area contributed by atoms with Crippen molar-refractivity contribution >= 4 is 5.78 Å². The van der Waals surface area contributed by atoms with Gasteiger partial charge in [0.1, 0.15) is 5.78 Å². The third kappa shape index (κ3) is 1.52. The zero-order valence-electron chi connectivity index (χ0n) is 5.81. The standard InChI is InChI=1S/C7H13NO/c1-2-3-7(9)6-4-5-8-6/h6,8H,2-5H2,1H3. The molecule has 1 saturated heterocycles. The predicted octanol–water partition coefficient (Wildman–Crippen LogP) is 0.718. The third-order valence-corrected chi connectivity index (χ3v) is 1.71. The second kappa shape index (κ2) is 2.97. The lowest BCUT2D eigenvalue weighted by molar-refractivity contribution is -0.122. The lowest BCUT2D eigenvalue weighted by atomic mass is 10.00. The molecule has 0 spiro atoms. The molecule has 52 valence electrons. The molecule has 0 radical (unpaired) electrons. The first-order valence-corrected chi connectivity index (χ1v) is 3.60. The Morgan fingerprint density at radius 1 is 1.78 bits per heavy atom. The Morgan fingerprint density at radius 3 is 2.78 bits per heavy atom. The largest absolute Gasteiger partial charge is 0.307 e. The molecular weight excluding hydrogens is 114 g/mol. The van der Waals surface area contributed by atoms with Crippen LogP contribution < -0.4 is 5.32 Å². The Morgan fingerprint density at radius 2 is 2.44 bits per heavy atom. The molecule has 1 rings (SSSR count). The predicted molar refractivity (Wildman–Crippen MR) is 36.3 cm³/mol. The quantitative estimate of drug-likeness (QED) is 0.605. The maximum atomic E-state index is 11.0. The Balaban J connectivity index is 2.16. The van der Waals surface area contributed by atoms with Crippen molar-refractivity contribution in [2.75, 3.05) is 6.54 Å². The summed E-state index contributed by atoms with van der Waals surface area (Å²) in [6.07, 6.45) is 2.79. The molecular formula is C7H13NO. The highest BCUT2D eigenvalue weighted by Crippen LogP contribution is 2.06. The van der Waals surface area contributed by atoms with Crippen molar-refractivity contribution in [3.05, 3.63) is 0 Å². The van der Waals surface area contributed by atoms with Crippen LogP contribution in [0.1, 0.15) is 26.2 Å². The minimum absolute atomic E-state index is 0.213. The molecule has 0 bridgehead atoms. The lowest BCUT2D eigenvalue weighted by Gasteiger charge is -2.25. The van der Waals surface area contributed by atoms with Gasteiger partial charge in [-0.05, 0) is 19.4 Å². The van der Waals surface area contributed by atoms with E-state index >= 15 is 0 Å². The molecule has 1 fully saturated rings. The summed E-state index contributed by atoms with van der Waals surface area (Å²) in [6, 6.07) is 0.213. The van der Waals surface area contributed by atoms with Crippen LogP contribution in [0.3, 0.4) is 0 Å². The summed E-state index contributed by atoms with van der Waals surface area (Å²) in [7, 11) is 0. The molecule has 2 heteroatoms. The molecule has 1 N–H and O–H groups in total. The minimum atomic E-state index is 0.213. The van der Waals surface area contributed by atoms with Crippen molar-refractivity contribution < 1.29 is 4.79 Å². The summed E-state index contributed by atoms with van der Waals surface area (Å²) in [6.45, 7) is 3.07. The molecule has 0 aromatic carbocycles. The summed E-state index contributed by atoms with van der Waals surface area (Å²) in [5, 5.41) is 3.08. The van der Waals surface area contributed by atoms with Gasteiger partial charge in [0.15, 0.2) is 0 Å². The van der Waals surface area contributed by atoms with Gasteiger partial charge in [-0.1, -0.05) is 6.92 Å². The van der Waals surface area contributed by atoms with Gasteiger partial charge in [-0.2, -0.15) is 0 Å². The van der Waals surface area contributed by atoms with Crippen molar-refractivity contribution in [1.29, 1.82) is 0 Å². The van der Waals surface area contributed by atoms with Crippen LogP contribution in [0.4, 0.5) is 0 Å². The molecule has 1 aliphatic heterocycles. The van der Waals surface area contributed by atoms with E-state index in [1.54, 1.807) is 0 Å². The lowest BCUT2D eigenvalue weighted by Crippen LogP contribution is -2.48. The molecule has 0 aromatic rings. The van der Waals surface area contributed by atoms with Crippen molar-refractivity contribution in [2.24, 2.45) is 0 Å². The number of nitrogens with one attached hydrogen (secondary N) is 1. The highest BCUT2D eigenvalue weighted by molar-refractivity contribution is 5.84. The number of Topliss-reactive ketones (excluding diaryl/α,β-unsaturated/α-hetero) is 1. The van der Waals surface area contributed by atoms with Crippen molar-refractivity contribution in [2.45, 2.75) is 32.2 Å². The van der Waals surface area contributed by atoms with E-state index in [-0.39, 0.29) is 6.04 Å². The van der Waals surface area contributed by atoms with Gasteiger partial charge < -0.3 is 5.32 Å². The fourth-order valence-corrected chi connectivity index (χ4v) is 0.984. The molecule has 0 aromatic heterocycles. The van der Waals surface area contributed by atoms with E-state index in [9.17, 15) is 4.79 Å². The molecule has 0 amide bonds. The topological polar surface area (TPSA) is 29.1 Å². The third-order valence-electron chi connectivity index (χ3n) is 1.71. The van der Waals surface area contributed by atoms with Crippen molar-refractivity contribution in [3.63, 3.8) is 0 Å². The van der Waals surface area contributed by atoms with Crippen molar-refractivity contribution in [3.8, 4) is 0 Å². The molecule has 1 heterocycles. The first-order valence-electron chi connectivity index (χ1n) is 3.60. The van der Waals surface area contributed by atoms with Gasteiger partial charge in [0.05, 0.1) is 6.04 Å². The van der Waals surface area contributed by atoms with E-state index in [1.165, 1.54) is 0 Å². The van der Waals surface area contributed by atoms with Crippen LogP contribution in [0.25, 0.3) is 0 Å². The van der Waals surface area contributed by atoms with Crippen molar-refractivity contribution in [1.82, 2.24) is 5.32 Å². The zero-order chi connectivity index (χ0) is 6.69. The fourth-order valence-electron chi connectivity index (χ4n) is 0.984. The van der Waals surface area contributed by atoms with E-state index in [1.807, 2.05) is 6.92 Å². The van der Waals surface area contributed by atoms with E-state index in [4.69, 9.17) is 0 Å². The average molecular weight is 127 g/mol. The summed E-state index contributed by atoms with van der Waals surface area (Å²) >= 11 is 0. The molecule has 0 aliphatic carbocycles. The smallest absolute Gasteiger partial charge is 0.149 e. The Bertz CT molecular complexity index is 107. The molecule has 0 saturated carbocycles. The summed E-state index contributed by atoms with van der Waals surface area (Å²) in [4.78, 5) is 11.0. The van der Waals surface area contributed by atoms with Crippen LogP contribution in [-0.2, 0) is 4.79 Å². The van der Waals surface area contributed by atoms with Crippen LogP contribution >= 0.6 is 0 Å². The van der Waals surface area contributed by atoms with Gasteiger partial charge in [-0.25, -0.2) is 0 Å². The summed E-state index contributed by atoms with van der Waals surface area (Å²) < 4.78 is 0. The zero-order valence-corrected chi connectivity index (χ0v) is 5.81. The van der Waals surface area contributed by atoms with Gasteiger partial charge in [-0.15, -0.1) is 0 Å². The highest BCUT2D eigenvalue weighted by atomic mass is 16.1. The summed E-state index contributed by atoms with van der Waals surface area (Å²) in [5.41, 5.74) is 0. The fraction of sp³-hybridized carbons (Fsp3) is 0.857. The van der Waals surface area contributed by atoms with Crippen LogP contribution in [0.2, 0.25) is 0 Å². The van der Waals surface area contributed by atoms with E-state index in [2.05, 4.69) is 5.32 Å². The first kappa shape index (κ1) is 6.75. The SMILES string of the molecule is CCCC(=O)C1CCN1. The molecule has 1 unspecified atom stereocenters. The number of ketones is 1. The molecule has 2 nitrogen and oxygen atoms in total. The minimum Gasteiger partial charge on any atom is -0.307 e. The van der Waals surface area contributed by atoms with Gasteiger partial charge in [-0.3, -0.25) is 4.79 Å². The van der Waals surface area contributed by atoms with E-state index in [0.29, 0.717) is 5.78 Å². The maximum absolute atomic E-state index is 11.0. The number of carbonyl (C=O) groups excluding carboxylic acids is 1. The molecule has 1 aliphatic rings. The first-order chi connectivity index (χ1) is 4.34. The van der Waals surface area contributed by atoms with Gasteiger partial charge in [0, 0.05) is 6.42 Å². The van der Waals surface area contributed by atoms with Crippen LogP contribution in [0.15, 0.2) is 0 Å². The second-order valence-electron chi connectivity index (χ2n) is 2.51. The molecule has 1 atom stereocenters. The van der Waals surface area contributed by atoms with Gasteiger partial charge in [0.2, 0.25) is 0 Å². The van der Waals surface area contributed by atoms with Crippen LogP contribution in [-0.4, -0.2) is 18.4 Å². The van der Waals surface area contributed by atoms with Gasteiger partial charge in [0.25, 0.3) is 0 Å². The van der Waals surface area contributed by atoms with Crippen LogP contribution in [0, 0.1) is 0 Å². The Kier molecular flexibility index (Phi) is 2.22.